The van der Waals surface area contributed by atoms with Crippen molar-refractivity contribution in [3.63, 3.8) is 0 Å². The van der Waals surface area contributed by atoms with Crippen molar-refractivity contribution in [3.8, 4) is 0 Å². The van der Waals surface area contributed by atoms with E-state index in [-0.39, 0.29) is 5.95 Å². The maximum Gasteiger partial charge on any atom is 0.224 e. The Hall–Kier alpha value is -2.31. The van der Waals surface area contributed by atoms with Crippen molar-refractivity contribution in [1.29, 1.82) is 0 Å². The van der Waals surface area contributed by atoms with E-state index in [0.29, 0.717) is 18.0 Å². The molecule has 2 aromatic rings. The van der Waals surface area contributed by atoms with Crippen molar-refractivity contribution < 1.29 is 0 Å². The van der Waals surface area contributed by atoms with Crippen LogP contribution < -0.4 is 16.5 Å². The molecule has 0 aliphatic heterocycles. The van der Waals surface area contributed by atoms with Crippen molar-refractivity contribution in [2.75, 3.05) is 16.5 Å². The van der Waals surface area contributed by atoms with Crippen LogP contribution in [0.1, 0.15) is 26.2 Å². The van der Waals surface area contributed by atoms with E-state index in [2.05, 4.69) is 44.8 Å². The van der Waals surface area contributed by atoms with Gasteiger partial charge in [0.05, 0.1) is 6.04 Å². The molecule has 0 aromatic carbocycles. The van der Waals surface area contributed by atoms with Gasteiger partial charge in [-0.25, -0.2) is 9.66 Å². The van der Waals surface area contributed by atoms with Gasteiger partial charge in [0.2, 0.25) is 5.95 Å². The Labute approximate surface area is 122 Å². The lowest BCUT2D eigenvalue weighted by molar-refractivity contribution is 0.625. The first-order valence-corrected chi connectivity index (χ1v) is 7.41. The van der Waals surface area contributed by atoms with Gasteiger partial charge < -0.3 is 16.5 Å². The highest BCUT2D eigenvalue weighted by atomic mass is 15.5. The SMILES string of the molecule is C[C@H]1C=C[C@H](Nn2cnc3c(NC4CC4)nc(N)nc32)C1. The standard InChI is InChI=1S/C14H19N7/c1-8-2-3-10(6-8)20-21-7-16-11-12(17-9-4-5-9)18-14(15)19-13(11)21/h2-3,7-10,20H,4-6H2,1H3,(H3,15,17,18,19)/t8-,10-/m0/s1. The van der Waals surface area contributed by atoms with Crippen molar-refractivity contribution in [1.82, 2.24) is 19.6 Å². The highest BCUT2D eigenvalue weighted by molar-refractivity contribution is 5.84. The molecule has 0 radical (unpaired) electrons. The van der Waals surface area contributed by atoms with Crippen LogP contribution in [0.25, 0.3) is 11.2 Å². The molecule has 0 unspecified atom stereocenters. The minimum Gasteiger partial charge on any atom is -0.368 e. The zero-order chi connectivity index (χ0) is 14.4. The minimum absolute atomic E-state index is 0.268. The molecular weight excluding hydrogens is 266 g/mol. The number of anilines is 2. The van der Waals surface area contributed by atoms with Crippen LogP contribution in [0.5, 0.6) is 0 Å². The number of fused-ring (bicyclic) bond motifs is 1. The number of nitrogens with one attached hydrogen (secondary N) is 2. The van der Waals surface area contributed by atoms with Crippen LogP contribution in [-0.2, 0) is 0 Å². The predicted octanol–water partition coefficient (Wildman–Crippen LogP) is 1.49. The molecule has 1 fully saturated rings. The fraction of sp³-hybridized carbons (Fsp3) is 0.500. The molecule has 2 atom stereocenters. The van der Waals surface area contributed by atoms with Crippen LogP contribution in [0.3, 0.4) is 0 Å². The van der Waals surface area contributed by atoms with E-state index >= 15 is 0 Å². The fourth-order valence-corrected chi connectivity index (χ4v) is 2.69. The number of aromatic nitrogens is 4. The molecule has 2 aliphatic carbocycles. The lowest BCUT2D eigenvalue weighted by Gasteiger charge is -2.14. The first-order chi connectivity index (χ1) is 10.2. The summed E-state index contributed by atoms with van der Waals surface area (Å²) in [6.45, 7) is 2.21. The Bertz CT molecular complexity index is 701. The Morgan fingerprint density at radius 1 is 1.29 bits per heavy atom. The second-order valence-corrected chi connectivity index (χ2v) is 5.97. The largest absolute Gasteiger partial charge is 0.368 e. The summed E-state index contributed by atoms with van der Waals surface area (Å²) in [6, 6.07) is 0.799. The van der Waals surface area contributed by atoms with Gasteiger partial charge in [-0.1, -0.05) is 19.1 Å². The third kappa shape index (κ3) is 2.39. The Morgan fingerprint density at radius 3 is 2.86 bits per heavy atom. The summed E-state index contributed by atoms with van der Waals surface area (Å²) in [6.07, 6.45) is 9.58. The lowest BCUT2D eigenvalue weighted by Crippen LogP contribution is -2.25. The van der Waals surface area contributed by atoms with Gasteiger partial charge in [-0.05, 0) is 25.2 Å². The van der Waals surface area contributed by atoms with Crippen LogP contribution in [-0.4, -0.2) is 31.7 Å². The molecule has 4 N–H and O–H groups in total. The fourth-order valence-electron chi connectivity index (χ4n) is 2.69. The van der Waals surface area contributed by atoms with E-state index in [1.807, 2.05) is 4.68 Å². The van der Waals surface area contributed by atoms with Gasteiger partial charge in [-0.2, -0.15) is 9.97 Å². The molecule has 21 heavy (non-hydrogen) atoms. The number of nitrogen functional groups attached to an aromatic ring is 1. The number of hydrogen-bond acceptors (Lipinski definition) is 6. The zero-order valence-electron chi connectivity index (χ0n) is 12.0. The number of nitrogens with two attached hydrogens (primary N) is 1. The monoisotopic (exact) mass is 285 g/mol. The summed E-state index contributed by atoms with van der Waals surface area (Å²) in [5, 5.41) is 3.36. The smallest absolute Gasteiger partial charge is 0.224 e. The Morgan fingerprint density at radius 2 is 2.14 bits per heavy atom. The summed E-state index contributed by atoms with van der Waals surface area (Å²) in [5.41, 5.74) is 10.7. The van der Waals surface area contributed by atoms with Crippen LogP contribution in [0.15, 0.2) is 18.5 Å². The second-order valence-electron chi connectivity index (χ2n) is 5.97. The van der Waals surface area contributed by atoms with Gasteiger partial charge in [-0.3, -0.25) is 0 Å². The number of allylic oxidation sites excluding steroid dienone is 1. The summed E-state index contributed by atoms with van der Waals surface area (Å²) in [4.78, 5) is 13.0. The Kier molecular flexibility index (Phi) is 2.73. The van der Waals surface area contributed by atoms with E-state index < -0.39 is 0 Å². The van der Waals surface area contributed by atoms with Gasteiger partial charge in [0.15, 0.2) is 17.0 Å². The second kappa shape index (κ2) is 4.61. The number of rotatable bonds is 4. The van der Waals surface area contributed by atoms with Crippen LogP contribution in [0, 0.1) is 5.92 Å². The lowest BCUT2D eigenvalue weighted by atomic mass is 10.1. The van der Waals surface area contributed by atoms with Crippen LogP contribution in [0.2, 0.25) is 0 Å². The maximum absolute atomic E-state index is 5.83. The molecule has 2 aliphatic rings. The number of hydrogen-bond donors (Lipinski definition) is 3. The average molecular weight is 285 g/mol. The normalized spacial score (nSPS) is 24.6. The number of imidazole rings is 1. The van der Waals surface area contributed by atoms with E-state index in [1.165, 1.54) is 12.8 Å². The van der Waals surface area contributed by atoms with E-state index in [9.17, 15) is 0 Å². The summed E-state index contributed by atoms with van der Waals surface area (Å²) in [7, 11) is 0. The molecule has 1 saturated carbocycles. The van der Waals surface area contributed by atoms with E-state index in [1.54, 1.807) is 6.33 Å². The van der Waals surface area contributed by atoms with Gasteiger partial charge >= 0.3 is 0 Å². The molecule has 0 saturated heterocycles. The Balaban J connectivity index is 1.66. The molecule has 2 aromatic heterocycles. The molecule has 4 rings (SSSR count). The number of nitrogens with zero attached hydrogens (tertiary/aromatic N) is 4. The van der Waals surface area contributed by atoms with E-state index in [4.69, 9.17) is 5.73 Å². The van der Waals surface area contributed by atoms with Crippen LogP contribution >= 0.6 is 0 Å². The first kappa shape index (κ1) is 12.4. The average Bonchev–Trinajstić information content (AvgIpc) is 3.03. The molecule has 110 valence electrons. The molecule has 7 nitrogen and oxygen atoms in total. The highest BCUT2D eigenvalue weighted by Gasteiger charge is 2.24. The molecule has 0 spiro atoms. The summed E-state index contributed by atoms with van der Waals surface area (Å²) in [5.74, 6) is 1.60. The van der Waals surface area contributed by atoms with E-state index in [0.717, 1.165) is 23.4 Å². The predicted molar refractivity (Wildman–Crippen MR) is 82.4 cm³/mol. The summed E-state index contributed by atoms with van der Waals surface area (Å²) < 4.78 is 1.85. The third-order valence-electron chi connectivity index (χ3n) is 3.93. The molecule has 7 heteroatoms. The van der Waals surface area contributed by atoms with Gasteiger partial charge in [-0.15, -0.1) is 0 Å². The van der Waals surface area contributed by atoms with Crippen molar-refractivity contribution in [2.45, 2.75) is 38.3 Å². The third-order valence-corrected chi connectivity index (χ3v) is 3.93. The van der Waals surface area contributed by atoms with Crippen molar-refractivity contribution >= 4 is 22.9 Å². The molecule has 2 heterocycles. The topological polar surface area (TPSA) is 93.7 Å². The molecular formula is C14H19N7. The maximum atomic E-state index is 5.83. The first-order valence-electron chi connectivity index (χ1n) is 7.41. The minimum atomic E-state index is 0.268. The van der Waals surface area contributed by atoms with Gasteiger partial charge in [0.1, 0.15) is 6.33 Å². The van der Waals surface area contributed by atoms with Gasteiger partial charge in [0, 0.05) is 6.04 Å². The van der Waals surface area contributed by atoms with Crippen molar-refractivity contribution in [2.24, 2.45) is 5.92 Å². The molecule has 0 amide bonds. The summed E-state index contributed by atoms with van der Waals surface area (Å²) >= 11 is 0. The van der Waals surface area contributed by atoms with Crippen LogP contribution in [0.4, 0.5) is 11.8 Å². The zero-order valence-corrected chi connectivity index (χ0v) is 12.0. The van der Waals surface area contributed by atoms with Gasteiger partial charge in [0.25, 0.3) is 0 Å². The quantitative estimate of drug-likeness (QED) is 0.737. The van der Waals surface area contributed by atoms with Crippen molar-refractivity contribution in [3.05, 3.63) is 18.5 Å². The molecule has 0 bridgehead atoms. The highest BCUT2D eigenvalue weighted by Crippen LogP contribution is 2.27.